The Morgan fingerprint density at radius 1 is 0.483 bits per heavy atom. The summed E-state index contributed by atoms with van der Waals surface area (Å²) in [6, 6.07) is 23.8. The number of aryl methyl sites for hydroxylation is 7. The fraction of sp³-hybridized carbons (Fsp3) is 0.420. The Kier molecular flexibility index (Phi) is 76.6. The maximum atomic E-state index is 4.83. The zero-order chi connectivity index (χ0) is 46.3. The van der Waals surface area contributed by atoms with Crippen molar-refractivity contribution >= 4 is 34.2 Å². The van der Waals surface area contributed by atoms with Crippen LogP contribution in [0.1, 0.15) is 135 Å². The molecule has 0 aliphatic heterocycles. The number of thiophene rings is 2. The molecule has 0 atom stereocenters. The van der Waals surface area contributed by atoms with Gasteiger partial charge in [0.05, 0.1) is 18.8 Å². The minimum atomic E-state index is 0.968. The van der Waals surface area contributed by atoms with Gasteiger partial charge in [-0.15, -0.1) is 11.3 Å². The molecule has 5 nitrogen and oxygen atoms in total. The Hall–Kier alpha value is -4.11. The first kappa shape index (κ1) is 68.6. The molecular formula is C50H85N3O2S3. The van der Waals surface area contributed by atoms with Crippen LogP contribution in [0.15, 0.2) is 141 Å². The van der Waals surface area contributed by atoms with Crippen LogP contribution in [0.4, 0.5) is 0 Å². The third kappa shape index (κ3) is 61.1. The van der Waals surface area contributed by atoms with Crippen molar-refractivity contribution in [3.05, 3.63) is 170 Å². The van der Waals surface area contributed by atoms with Crippen molar-refractivity contribution in [3.8, 4) is 0 Å². The van der Waals surface area contributed by atoms with Gasteiger partial charge in [-0.2, -0.15) is 11.3 Å². The first-order valence-electron chi connectivity index (χ1n) is 20.9. The number of hydrogen-bond donors (Lipinski definition) is 0. The van der Waals surface area contributed by atoms with E-state index in [0.717, 1.165) is 11.5 Å². The third-order valence-corrected chi connectivity index (χ3v) is 7.10. The van der Waals surface area contributed by atoms with Crippen molar-refractivity contribution in [1.29, 1.82) is 0 Å². The number of hydrogen-bond acceptors (Lipinski definition) is 8. The molecule has 0 saturated carbocycles. The molecular weight excluding hydrogens is 771 g/mol. The highest BCUT2D eigenvalue weighted by Gasteiger charge is 1.78. The molecule has 0 aliphatic carbocycles. The van der Waals surface area contributed by atoms with Gasteiger partial charge in [0.15, 0.2) is 0 Å². The average Bonchev–Trinajstić information content (AvgIpc) is 4.18. The molecule has 330 valence electrons. The molecule has 0 aliphatic rings. The molecule has 0 aromatic carbocycles. The molecule has 0 N–H and O–H groups in total. The van der Waals surface area contributed by atoms with Gasteiger partial charge in [-0.1, -0.05) is 115 Å². The fourth-order valence-corrected chi connectivity index (χ4v) is 4.17. The highest BCUT2D eigenvalue weighted by atomic mass is 32.1. The standard InChI is InChI=1S/2C6H7N.2C5H6O.2C5H6S.C4H5NS.7C2H6/c1-6-3-2-4-7-5-6;1-6-4-2-3-5-7-6;1-5-2-3-6-4-5;1-5-3-2-4-6-5;1-5-2-3-6-4-5;1-5-3-2-4-6-5;1-4-2-3-5-6-4;7*1-2/h2*2-5H,1H3;4*2-4H,1H3;2-3H,1H3;7*1-2H3. The van der Waals surface area contributed by atoms with Gasteiger partial charge in [-0.25, -0.2) is 4.37 Å². The third-order valence-electron chi connectivity index (χ3n) is 4.84. The summed E-state index contributed by atoms with van der Waals surface area (Å²) in [7, 11) is 0. The number of rotatable bonds is 0. The molecule has 58 heavy (non-hydrogen) atoms. The van der Waals surface area contributed by atoms with Gasteiger partial charge in [0.25, 0.3) is 0 Å². The summed E-state index contributed by atoms with van der Waals surface area (Å²) in [6.07, 6.45) is 12.2. The van der Waals surface area contributed by atoms with Crippen LogP contribution in [0.5, 0.6) is 0 Å². The lowest BCUT2D eigenvalue weighted by Gasteiger charge is -1.82. The minimum absolute atomic E-state index is 0.968. The van der Waals surface area contributed by atoms with E-state index in [0.29, 0.717) is 0 Å². The van der Waals surface area contributed by atoms with Crippen LogP contribution in [-0.2, 0) is 0 Å². The normalized spacial score (nSPS) is 7.40. The van der Waals surface area contributed by atoms with Crippen LogP contribution in [0.2, 0.25) is 0 Å². The van der Waals surface area contributed by atoms with Gasteiger partial charge in [-0.3, -0.25) is 9.97 Å². The number of nitrogens with zero attached hydrogens (tertiary/aromatic N) is 3. The molecule has 0 bridgehead atoms. The molecule has 0 radical (unpaired) electrons. The van der Waals surface area contributed by atoms with E-state index < -0.39 is 0 Å². The largest absolute Gasteiger partial charge is 0.472 e. The Morgan fingerprint density at radius 3 is 1.28 bits per heavy atom. The van der Waals surface area contributed by atoms with E-state index in [-0.39, 0.29) is 0 Å². The molecule has 7 aromatic rings. The number of aromatic nitrogens is 3. The molecule has 0 amide bonds. The first-order chi connectivity index (χ1) is 28.3. The number of furan rings is 2. The molecule has 0 unspecified atom stereocenters. The second-order valence-electron chi connectivity index (χ2n) is 9.17. The van der Waals surface area contributed by atoms with E-state index in [1.807, 2.05) is 192 Å². The summed E-state index contributed by atoms with van der Waals surface area (Å²) in [6.45, 7) is 42.1. The van der Waals surface area contributed by atoms with E-state index in [2.05, 4.69) is 62.5 Å². The second-order valence-corrected chi connectivity index (χ2v) is 12.1. The predicted molar refractivity (Wildman–Crippen MR) is 269 cm³/mol. The predicted octanol–water partition coefficient (Wildman–Crippen LogP) is 18.7. The molecule has 7 heterocycles. The SMILES string of the molecule is CC.CC.CC.CC.CC.CC.CC.Cc1ccccn1.Cc1cccnc1.Cc1ccco1.Cc1cccs1.Cc1ccns1.Cc1ccoc1.Cc1ccsc1. The maximum Gasteiger partial charge on any atom is 0.100 e. The zero-order valence-corrected chi connectivity index (χ0v) is 43.0. The van der Waals surface area contributed by atoms with Crippen molar-refractivity contribution in [2.75, 3.05) is 0 Å². The summed E-state index contributed by atoms with van der Waals surface area (Å²) < 4.78 is 13.4. The lowest BCUT2D eigenvalue weighted by molar-refractivity contribution is 0.534. The van der Waals surface area contributed by atoms with Crippen molar-refractivity contribution in [1.82, 2.24) is 14.3 Å². The van der Waals surface area contributed by atoms with Crippen LogP contribution in [0.3, 0.4) is 0 Å². The van der Waals surface area contributed by atoms with Gasteiger partial charge >= 0.3 is 0 Å². The van der Waals surface area contributed by atoms with Crippen LogP contribution in [0, 0.1) is 48.5 Å². The van der Waals surface area contributed by atoms with Crippen LogP contribution < -0.4 is 0 Å². The van der Waals surface area contributed by atoms with E-state index >= 15 is 0 Å². The Bertz CT molecular complexity index is 1260. The van der Waals surface area contributed by atoms with E-state index in [1.54, 1.807) is 60.1 Å². The summed E-state index contributed by atoms with van der Waals surface area (Å²) in [4.78, 5) is 10.5. The monoisotopic (exact) mass is 856 g/mol. The summed E-state index contributed by atoms with van der Waals surface area (Å²) in [5.41, 5.74) is 4.82. The van der Waals surface area contributed by atoms with Gasteiger partial charge in [-0.05, 0) is 147 Å². The van der Waals surface area contributed by atoms with Gasteiger partial charge in [0, 0.05) is 40.2 Å². The van der Waals surface area contributed by atoms with Gasteiger partial charge in [0.2, 0.25) is 0 Å². The fourth-order valence-electron chi connectivity index (χ4n) is 2.56. The van der Waals surface area contributed by atoms with Crippen LogP contribution >= 0.6 is 34.2 Å². The lowest BCUT2D eigenvalue weighted by Crippen LogP contribution is -1.72. The van der Waals surface area contributed by atoms with Crippen LogP contribution in [0.25, 0.3) is 0 Å². The van der Waals surface area contributed by atoms with Crippen molar-refractivity contribution < 1.29 is 8.83 Å². The van der Waals surface area contributed by atoms with Crippen molar-refractivity contribution in [2.45, 2.75) is 145 Å². The minimum Gasteiger partial charge on any atom is -0.472 e. The molecule has 7 rings (SSSR count). The van der Waals surface area contributed by atoms with Crippen molar-refractivity contribution in [2.24, 2.45) is 0 Å². The Balaban J connectivity index is -0.0000000996. The Labute approximate surface area is 371 Å². The highest BCUT2D eigenvalue weighted by molar-refractivity contribution is 7.09. The molecule has 0 saturated heterocycles. The molecule has 8 heteroatoms. The van der Waals surface area contributed by atoms with E-state index in [9.17, 15) is 0 Å². The average molecular weight is 856 g/mol. The van der Waals surface area contributed by atoms with Gasteiger partial charge < -0.3 is 8.83 Å². The zero-order valence-electron chi connectivity index (χ0n) is 40.6. The smallest absolute Gasteiger partial charge is 0.100 e. The lowest BCUT2D eigenvalue weighted by atomic mass is 10.3. The van der Waals surface area contributed by atoms with Crippen molar-refractivity contribution in [3.63, 3.8) is 0 Å². The molecule has 0 spiro atoms. The molecule has 0 fully saturated rings. The molecule has 7 aromatic heterocycles. The van der Waals surface area contributed by atoms with Gasteiger partial charge in [0.1, 0.15) is 5.76 Å². The summed E-state index contributed by atoms with van der Waals surface area (Å²) >= 11 is 5.05. The summed E-state index contributed by atoms with van der Waals surface area (Å²) in [5.74, 6) is 0.968. The second kappa shape index (κ2) is 64.8. The Morgan fingerprint density at radius 2 is 1.12 bits per heavy atom. The summed E-state index contributed by atoms with van der Waals surface area (Å²) in [5, 5.41) is 6.28. The topological polar surface area (TPSA) is 65.0 Å². The van der Waals surface area contributed by atoms with Crippen LogP contribution in [-0.4, -0.2) is 14.3 Å². The quantitative estimate of drug-likeness (QED) is 0.152. The number of pyridine rings is 2. The first-order valence-corrected chi connectivity index (χ1v) is 23.4. The van der Waals surface area contributed by atoms with E-state index in [1.165, 1.54) is 38.0 Å². The maximum absolute atomic E-state index is 4.83. The van der Waals surface area contributed by atoms with E-state index in [4.69, 9.17) is 8.83 Å². The highest BCUT2D eigenvalue weighted by Crippen LogP contribution is 2.04.